The quantitative estimate of drug-likeness (QED) is 0.407. The fraction of sp³-hybridized carbons (Fsp3) is 0.636. The zero-order valence-electron chi connectivity index (χ0n) is 10.3. The summed E-state index contributed by atoms with van der Waals surface area (Å²) in [6, 6.07) is 1.85. The lowest BCUT2D eigenvalue weighted by molar-refractivity contribution is -0.117. The summed E-state index contributed by atoms with van der Waals surface area (Å²) in [5.74, 6) is -0.392. The monoisotopic (exact) mass is 225 g/mol. The predicted octanol–water partition coefficient (Wildman–Crippen LogP) is 0.545. The summed E-state index contributed by atoms with van der Waals surface area (Å²) in [6.07, 6.45) is 1.43. The number of rotatable bonds is 5. The van der Waals surface area contributed by atoms with Crippen molar-refractivity contribution in [1.29, 1.82) is 5.26 Å². The van der Waals surface area contributed by atoms with Crippen LogP contribution in [0, 0.1) is 11.3 Å². The lowest BCUT2D eigenvalue weighted by Crippen LogP contribution is -2.34. The van der Waals surface area contributed by atoms with Crippen molar-refractivity contribution in [3.8, 4) is 6.07 Å². The van der Waals surface area contributed by atoms with E-state index in [4.69, 9.17) is 10.00 Å². The second kappa shape index (κ2) is 6.85. The zero-order chi connectivity index (χ0) is 12.6. The first-order chi connectivity index (χ1) is 7.40. The maximum atomic E-state index is 11.5. The summed E-state index contributed by atoms with van der Waals surface area (Å²) in [7, 11) is 1.55. The molecule has 90 valence electrons. The topological polar surface area (TPSA) is 74.1 Å². The standard InChI is InChI=1S/C11H19N3O2/c1-11(2,3)14-8-9(7-12)10(15)13-5-6-16-4/h8,14H,5-6H2,1-4H3,(H,13,15)/b9-8-. The molecule has 2 N–H and O–H groups in total. The van der Waals surface area contributed by atoms with Gasteiger partial charge in [-0.15, -0.1) is 0 Å². The van der Waals surface area contributed by atoms with Crippen LogP contribution in [0.3, 0.4) is 0 Å². The van der Waals surface area contributed by atoms with Gasteiger partial charge in [0, 0.05) is 25.4 Å². The first-order valence-electron chi connectivity index (χ1n) is 5.06. The van der Waals surface area contributed by atoms with Gasteiger partial charge in [-0.3, -0.25) is 4.79 Å². The van der Waals surface area contributed by atoms with E-state index in [0.717, 1.165) is 0 Å². The molecule has 1 amide bonds. The molecule has 0 rings (SSSR count). The van der Waals surface area contributed by atoms with Gasteiger partial charge in [0.25, 0.3) is 5.91 Å². The van der Waals surface area contributed by atoms with Crippen LogP contribution in [0.5, 0.6) is 0 Å². The summed E-state index contributed by atoms with van der Waals surface area (Å²) in [5.41, 5.74) is -0.111. The highest BCUT2D eigenvalue weighted by Crippen LogP contribution is 2.00. The van der Waals surface area contributed by atoms with E-state index in [2.05, 4.69) is 10.6 Å². The highest BCUT2D eigenvalue weighted by molar-refractivity contribution is 5.97. The molecule has 0 aromatic carbocycles. The molecule has 0 aromatic rings. The van der Waals surface area contributed by atoms with Crippen molar-refractivity contribution in [2.45, 2.75) is 26.3 Å². The molecule has 0 spiro atoms. The molecule has 0 bridgehead atoms. The molecule has 0 saturated carbocycles. The van der Waals surface area contributed by atoms with Crippen molar-refractivity contribution in [3.63, 3.8) is 0 Å². The molecule has 0 unspecified atom stereocenters. The molecule has 0 aliphatic rings. The molecule has 0 radical (unpaired) electrons. The van der Waals surface area contributed by atoms with Crippen molar-refractivity contribution >= 4 is 5.91 Å². The third-order valence-corrected chi connectivity index (χ3v) is 1.61. The minimum atomic E-state index is -0.392. The molecular weight excluding hydrogens is 206 g/mol. The number of ether oxygens (including phenoxy) is 1. The van der Waals surface area contributed by atoms with Gasteiger partial charge in [-0.25, -0.2) is 0 Å². The number of nitriles is 1. The summed E-state index contributed by atoms with van der Waals surface area (Å²) in [4.78, 5) is 11.5. The van der Waals surface area contributed by atoms with E-state index >= 15 is 0 Å². The third kappa shape index (κ3) is 6.85. The van der Waals surface area contributed by atoms with Gasteiger partial charge < -0.3 is 15.4 Å². The van der Waals surface area contributed by atoms with E-state index in [0.29, 0.717) is 13.2 Å². The number of hydrogen-bond acceptors (Lipinski definition) is 4. The summed E-state index contributed by atoms with van der Waals surface area (Å²) < 4.78 is 4.79. The lowest BCUT2D eigenvalue weighted by atomic mass is 10.1. The number of methoxy groups -OCH3 is 1. The van der Waals surface area contributed by atoms with Gasteiger partial charge in [-0.1, -0.05) is 0 Å². The first kappa shape index (κ1) is 14.5. The van der Waals surface area contributed by atoms with E-state index in [1.165, 1.54) is 6.20 Å². The molecule has 0 aliphatic carbocycles. The van der Waals surface area contributed by atoms with Crippen LogP contribution in [0.1, 0.15) is 20.8 Å². The van der Waals surface area contributed by atoms with E-state index in [-0.39, 0.29) is 11.1 Å². The van der Waals surface area contributed by atoms with E-state index in [9.17, 15) is 4.79 Å². The third-order valence-electron chi connectivity index (χ3n) is 1.61. The Bertz CT molecular complexity index is 297. The molecule has 0 heterocycles. The smallest absolute Gasteiger partial charge is 0.263 e. The number of hydrogen-bond donors (Lipinski definition) is 2. The Labute approximate surface area is 96.5 Å². The van der Waals surface area contributed by atoms with Crippen LogP contribution >= 0.6 is 0 Å². The minimum Gasteiger partial charge on any atom is -0.385 e. The van der Waals surface area contributed by atoms with Crippen LogP contribution in [-0.2, 0) is 9.53 Å². The zero-order valence-corrected chi connectivity index (χ0v) is 10.3. The highest BCUT2D eigenvalue weighted by atomic mass is 16.5. The average Bonchev–Trinajstić information content (AvgIpc) is 2.17. The van der Waals surface area contributed by atoms with Gasteiger partial charge in [0.2, 0.25) is 0 Å². The van der Waals surface area contributed by atoms with Gasteiger partial charge in [-0.2, -0.15) is 5.26 Å². The van der Waals surface area contributed by atoms with Crippen LogP contribution in [0.4, 0.5) is 0 Å². The maximum Gasteiger partial charge on any atom is 0.263 e. The molecule has 0 saturated heterocycles. The van der Waals surface area contributed by atoms with Crippen LogP contribution in [-0.4, -0.2) is 31.7 Å². The van der Waals surface area contributed by atoms with E-state index in [1.807, 2.05) is 26.8 Å². The molecular formula is C11H19N3O2. The summed E-state index contributed by atoms with van der Waals surface area (Å²) in [5, 5.41) is 14.3. The Morgan fingerprint density at radius 2 is 2.12 bits per heavy atom. The van der Waals surface area contributed by atoms with Crippen molar-refractivity contribution in [1.82, 2.24) is 10.6 Å². The Kier molecular flexibility index (Phi) is 6.19. The number of amides is 1. The second-order valence-electron chi connectivity index (χ2n) is 4.31. The predicted molar refractivity (Wildman–Crippen MR) is 61.5 cm³/mol. The van der Waals surface area contributed by atoms with Gasteiger partial charge in [-0.05, 0) is 20.8 Å². The van der Waals surface area contributed by atoms with Crippen molar-refractivity contribution < 1.29 is 9.53 Å². The maximum absolute atomic E-state index is 11.5. The SMILES string of the molecule is COCCNC(=O)/C(C#N)=C\NC(C)(C)C. The number of nitrogens with one attached hydrogen (secondary N) is 2. The van der Waals surface area contributed by atoms with Gasteiger partial charge in [0.1, 0.15) is 11.6 Å². The first-order valence-corrected chi connectivity index (χ1v) is 5.06. The molecule has 0 atom stereocenters. The highest BCUT2D eigenvalue weighted by Gasteiger charge is 2.11. The van der Waals surface area contributed by atoms with Crippen molar-refractivity contribution in [2.24, 2.45) is 0 Å². The van der Waals surface area contributed by atoms with Crippen molar-refractivity contribution in [2.75, 3.05) is 20.3 Å². The van der Waals surface area contributed by atoms with Crippen LogP contribution < -0.4 is 10.6 Å². The van der Waals surface area contributed by atoms with Crippen LogP contribution in [0.15, 0.2) is 11.8 Å². The Balaban J connectivity index is 4.28. The van der Waals surface area contributed by atoms with Crippen LogP contribution in [0.25, 0.3) is 0 Å². The fourth-order valence-corrected chi connectivity index (χ4v) is 0.799. The Morgan fingerprint density at radius 1 is 1.50 bits per heavy atom. The molecule has 0 fully saturated rings. The van der Waals surface area contributed by atoms with Gasteiger partial charge in [0.05, 0.1) is 6.61 Å². The summed E-state index contributed by atoms with van der Waals surface area (Å²) in [6.45, 7) is 6.66. The lowest BCUT2D eigenvalue weighted by Gasteiger charge is -2.18. The molecule has 0 aromatic heterocycles. The van der Waals surface area contributed by atoms with Crippen molar-refractivity contribution in [3.05, 3.63) is 11.8 Å². The Hall–Kier alpha value is -1.54. The molecule has 5 heteroatoms. The van der Waals surface area contributed by atoms with Gasteiger partial charge in [0.15, 0.2) is 0 Å². The normalized spacial score (nSPS) is 11.8. The second-order valence-corrected chi connectivity index (χ2v) is 4.31. The largest absolute Gasteiger partial charge is 0.385 e. The van der Waals surface area contributed by atoms with E-state index < -0.39 is 5.91 Å². The van der Waals surface area contributed by atoms with E-state index in [1.54, 1.807) is 7.11 Å². The number of carbonyl (C=O) groups excluding carboxylic acids is 1. The number of nitrogens with zero attached hydrogens (tertiary/aromatic N) is 1. The molecule has 16 heavy (non-hydrogen) atoms. The van der Waals surface area contributed by atoms with Crippen LogP contribution in [0.2, 0.25) is 0 Å². The molecule has 0 aliphatic heterocycles. The summed E-state index contributed by atoms with van der Waals surface area (Å²) >= 11 is 0. The minimum absolute atomic E-state index is 0.0611. The Morgan fingerprint density at radius 3 is 2.56 bits per heavy atom. The average molecular weight is 225 g/mol. The molecule has 5 nitrogen and oxygen atoms in total. The fourth-order valence-electron chi connectivity index (χ4n) is 0.799. The van der Waals surface area contributed by atoms with Gasteiger partial charge >= 0.3 is 0 Å². The number of carbonyl (C=O) groups is 1.